The standard InChI is InChI=1S/C17H26N4O4S/c1-2-8-18-17(23)19-16(22)13-20-9-11-21(12-10-20)26(24,25)14-15-6-4-3-5-7-15/h3-7H,2,8-14H2,1H3,(H2,18,19,22,23)/p+1. The first-order valence-corrected chi connectivity index (χ1v) is 10.4. The topological polar surface area (TPSA) is 100 Å². The zero-order chi connectivity index (χ0) is 19.0. The fourth-order valence-electron chi connectivity index (χ4n) is 2.81. The number of imide groups is 1. The van der Waals surface area contributed by atoms with Gasteiger partial charge in [-0.25, -0.2) is 13.2 Å². The van der Waals surface area contributed by atoms with E-state index in [1.807, 2.05) is 25.1 Å². The number of quaternary nitrogens is 1. The molecule has 26 heavy (non-hydrogen) atoms. The van der Waals surface area contributed by atoms with Gasteiger partial charge in [0.1, 0.15) is 0 Å². The summed E-state index contributed by atoms with van der Waals surface area (Å²) in [5.74, 6) is -0.365. The van der Waals surface area contributed by atoms with Crippen LogP contribution in [0.3, 0.4) is 0 Å². The zero-order valence-electron chi connectivity index (χ0n) is 15.0. The number of carbonyl (C=O) groups excluding carboxylic acids is 2. The minimum absolute atomic E-state index is 0.0126. The number of nitrogens with zero attached hydrogens (tertiary/aromatic N) is 1. The highest BCUT2D eigenvalue weighted by Crippen LogP contribution is 2.10. The van der Waals surface area contributed by atoms with Crippen LogP contribution in [0.15, 0.2) is 30.3 Å². The second-order valence-electron chi connectivity index (χ2n) is 6.37. The molecule has 9 heteroatoms. The third-order valence-corrected chi connectivity index (χ3v) is 6.06. The number of sulfonamides is 1. The molecule has 3 amide bonds. The first-order valence-electron chi connectivity index (χ1n) is 8.83. The van der Waals surface area contributed by atoms with Crippen molar-refractivity contribution < 1.29 is 22.9 Å². The summed E-state index contributed by atoms with van der Waals surface area (Å²) in [6, 6.07) is 8.61. The zero-order valence-corrected chi connectivity index (χ0v) is 15.8. The van der Waals surface area contributed by atoms with Gasteiger partial charge in [0.05, 0.1) is 31.9 Å². The lowest BCUT2D eigenvalue weighted by atomic mass is 10.2. The molecule has 1 aliphatic rings. The molecule has 0 bridgehead atoms. The van der Waals surface area contributed by atoms with E-state index in [0.717, 1.165) is 16.9 Å². The molecule has 144 valence electrons. The van der Waals surface area contributed by atoms with Crippen LogP contribution in [0.2, 0.25) is 0 Å². The molecule has 0 saturated carbocycles. The van der Waals surface area contributed by atoms with E-state index in [2.05, 4.69) is 10.6 Å². The van der Waals surface area contributed by atoms with E-state index < -0.39 is 16.1 Å². The van der Waals surface area contributed by atoms with Gasteiger partial charge < -0.3 is 10.2 Å². The van der Waals surface area contributed by atoms with Crippen LogP contribution in [0.25, 0.3) is 0 Å². The van der Waals surface area contributed by atoms with Crippen LogP contribution in [0.5, 0.6) is 0 Å². The van der Waals surface area contributed by atoms with Crippen molar-refractivity contribution in [2.24, 2.45) is 0 Å². The van der Waals surface area contributed by atoms with Crippen molar-refractivity contribution in [3.05, 3.63) is 35.9 Å². The van der Waals surface area contributed by atoms with Gasteiger partial charge in [-0.15, -0.1) is 0 Å². The molecule has 1 fully saturated rings. The highest BCUT2D eigenvalue weighted by Gasteiger charge is 2.30. The fraction of sp³-hybridized carbons (Fsp3) is 0.529. The van der Waals surface area contributed by atoms with E-state index in [9.17, 15) is 18.0 Å². The molecular weight excluding hydrogens is 356 g/mol. The van der Waals surface area contributed by atoms with E-state index in [-0.39, 0.29) is 18.2 Å². The predicted octanol–water partition coefficient (Wildman–Crippen LogP) is -1.05. The SMILES string of the molecule is CCCNC(=O)NC(=O)C[NH+]1CCN(S(=O)(=O)Cc2ccccc2)CC1. The summed E-state index contributed by atoms with van der Waals surface area (Å²) in [4.78, 5) is 24.3. The summed E-state index contributed by atoms with van der Waals surface area (Å²) in [5.41, 5.74) is 0.764. The summed E-state index contributed by atoms with van der Waals surface area (Å²) >= 11 is 0. The van der Waals surface area contributed by atoms with E-state index in [1.54, 1.807) is 12.1 Å². The molecule has 1 saturated heterocycles. The van der Waals surface area contributed by atoms with E-state index >= 15 is 0 Å². The van der Waals surface area contributed by atoms with Crippen molar-refractivity contribution in [3.63, 3.8) is 0 Å². The van der Waals surface area contributed by atoms with Crippen molar-refractivity contribution in [1.82, 2.24) is 14.9 Å². The average molecular weight is 383 g/mol. The van der Waals surface area contributed by atoms with Crippen LogP contribution in [0, 0.1) is 0 Å². The van der Waals surface area contributed by atoms with Crippen LogP contribution >= 0.6 is 0 Å². The number of benzene rings is 1. The Labute approximate surface area is 154 Å². The Bertz CT molecular complexity index is 701. The van der Waals surface area contributed by atoms with Gasteiger partial charge in [-0.1, -0.05) is 37.3 Å². The van der Waals surface area contributed by atoms with Gasteiger partial charge in [-0.05, 0) is 12.0 Å². The van der Waals surface area contributed by atoms with Gasteiger partial charge in [-0.3, -0.25) is 10.1 Å². The van der Waals surface area contributed by atoms with E-state index in [1.165, 1.54) is 4.31 Å². The van der Waals surface area contributed by atoms with Crippen molar-refractivity contribution in [2.75, 3.05) is 39.3 Å². The van der Waals surface area contributed by atoms with E-state index in [4.69, 9.17) is 0 Å². The lowest BCUT2D eigenvalue weighted by Crippen LogP contribution is -3.15. The Kier molecular flexibility index (Phi) is 7.55. The van der Waals surface area contributed by atoms with Gasteiger partial charge >= 0.3 is 6.03 Å². The van der Waals surface area contributed by atoms with Crippen LogP contribution in [-0.2, 0) is 20.6 Å². The summed E-state index contributed by atoms with van der Waals surface area (Å²) in [6.45, 7) is 4.43. The second kappa shape index (κ2) is 9.65. The summed E-state index contributed by atoms with van der Waals surface area (Å²) in [6.07, 6.45) is 0.798. The summed E-state index contributed by atoms with van der Waals surface area (Å²) < 4.78 is 26.5. The third kappa shape index (κ3) is 6.40. The Balaban J connectivity index is 1.77. The van der Waals surface area contributed by atoms with E-state index in [0.29, 0.717) is 32.7 Å². The number of piperazine rings is 1. The molecule has 0 radical (unpaired) electrons. The molecule has 1 aliphatic heterocycles. The van der Waals surface area contributed by atoms with Crippen molar-refractivity contribution in [3.8, 4) is 0 Å². The summed E-state index contributed by atoms with van der Waals surface area (Å²) in [5, 5.41) is 4.88. The van der Waals surface area contributed by atoms with Gasteiger partial charge in [0.25, 0.3) is 5.91 Å². The first kappa shape index (κ1) is 20.3. The Hall–Kier alpha value is -1.97. The maximum Gasteiger partial charge on any atom is 0.321 e. The number of amides is 3. The molecule has 0 unspecified atom stereocenters. The van der Waals surface area contributed by atoms with Gasteiger partial charge in [0, 0.05) is 6.54 Å². The van der Waals surface area contributed by atoms with Gasteiger partial charge in [0.2, 0.25) is 10.0 Å². The maximum atomic E-state index is 12.5. The molecule has 0 aliphatic carbocycles. The first-order chi connectivity index (χ1) is 12.4. The number of carbonyl (C=O) groups is 2. The number of rotatable bonds is 7. The molecule has 2 rings (SSSR count). The molecule has 1 heterocycles. The van der Waals surface area contributed by atoms with Crippen LogP contribution in [-0.4, -0.2) is 63.9 Å². The number of hydrogen-bond acceptors (Lipinski definition) is 4. The number of nitrogens with one attached hydrogen (secondary N) is 3. The largest absolute Gasteiger partial charge is 0.338 e. The minimum atomic E-state index is -3.36. The minimum Gasteiger partial charge on any atom is -0.338 e. The lowest BCUT2D eigenvalue weighted by Gasteiger charge is -2.31. The number of urea groups is 1. The Morgan fingerprint density at radius 3 is 2.42 bits per heavy atom. The molecule has 1 aromatic rings. The van der Waals surface area contributed by atoms with Crippen molar-refractivity contribution in [2.45, 2.75) is 19.1 Å². The molecular formula is C17H27N4O4S+. The maximum absolute atomic E-state index is 12.5. The summed E-state index contributed by atoms with van der Waals surface area (Å²) in [7, 11) is -3.36. The smallest absolute Gasteiger partial charge is 0.321 e. The quantitative estimate of drug-likeness (QED) is 0.560. The van der Waals surface area contributed by atoms with Gasteiger partial charge in [0.15, 0.2) is 6.54 Å². The predicted molar refractivity (Wildman–Crippen MR) is 98.0 cm³/mol. The van der Waals surface area contributed by atoms with Crippen LogP contribution < -0.4 is 15.5 Å². The van der Waals surface area contributed by atoms with Crippen LogP contribution in [0.4, 0.5) is 4.79 Å². The van der Waals surface area contributed by atoms with Gasteiger partial charge in [-0.2, -0.15) is 4.31 Å². The van der Waals surface area contributed by atoms with Crippen molar-refractivity contribution in [1.29, 1.82) is 0 Å². The third-order valence-electron chi connectivity index (χ3n) is 4.21. The Morgan fingerprint density at radius 2 is 1.81 bits per heavy atom. The second-order valence-corrected chi connectivity index (χ2v) is 8.34. The normalized spacial score (nSPS) is 16.2. The molecule has 8 nitrogen and oxygen atoms in total. The average Bonchev–Trinajstić information content (AvgIpc) is 2.61. The molecule has 0 spiro atoms. The molecule has 0 atom stereocenters. The Morgan fingerprint density at radius 1 is 1.15 bits per heavy atom. The molecule has 1 aromatic carbocycles. The highest BCUT2D eigenvalue weighted by atomic mass is 32.2. The number of hydrogen-bond donors (Lipinski definition) is 3. The highest BCUT2D eigenvalue weighted by molar-refractivity contribution is 7.88. The van der Waals surface area contributed by atoms with Crippen LogP contribution in [0.1, 0.15) is 18.9 Å². The lowest BCUT2D eigenvalue weighted by molar-refractivity contribution is -0.895. The molecule has 3 N–H and O–H groups in total. The van der Waals surface area contributed by atoms with Crippen molar-refractivity contribution >= 4 is 22.0 Å². The fourth-order valence-corrected chi connectivity index (χ4v) is 4.35. The molecule has 0 aromatic heterocycles. The monoisotopic (exact) mass is 383 g/mol.